The fourth-order valence-corrected chi connectivity index (χ4v) is 1.10. The van der Waals surface area contributed by atoms with Crippen LogP contribution in [0.3, 0.4) is 0 Å². The van der Waals surface area contributed by atoms with Gasteiger partial charge in [0.15, 0.2) is 0 Å². The Hall–Kier alpha value is -1.58. The molecule has 134 valence electrons. The fourth-order valence-electron chi connectivity index (χ4n) is 1.10. The molecule has 0 aromatic rings. The molecule has 0 aromatic heterocycles. The number of hydrogen-bond donors (Lipinski definition) is 0. The van der Waals surface area contributed by atoms with E-state index in [0.717, 1.165) is 0 Å². The van der Waals surface area contributed by atoms with Gasteiger partial charge in [0.2, 0.25) is 0 Å². The first-order valence-electron chi connectivity index (χ1n) is 8.02. The first kappa shape index (κ1) is 23.7. The molecule has 0 atom stereocenters. The van der Waals surface area contributed by atoms with Crippen molar-refractivity contribution in [3.8, 4) is 0 Å². The Morgan fingerprint density at radius 2 is 1.26 bits per heavy atom. The lowest BCUT2D eigenvalue weighted by Gasteiger charge is -2.11. The Morgan fingerprint density at radius 3 is 1.57 bits per heavy atom. The highest BCUT2D eigenvalue weighted by Crippen LogP contribution is 2.14. The lowest BCUT2D eigenvalue weighted by atomic mass is 9.96. The van der Waals surface area contributed by atoms with Crippen LogP contribution in [0.5, 0.6) is 0 Å². The Balaban J connectivity index is 0. The molecule has 0 aliphatic rings. The molecule has 0 aromatic carbocycles. The maximum absolute atomic E-state index is 11.0. The standard InChI is InChI=1S/C10H18O2.C9H16O2/c1-8(2)12-9(11)6-7-10(3,4)5;1-5-11-8(10)6-7-9(2,3)4/h6-8H,1-5H3;6-7H,5H2,1-4H3/b2*7-6+. The summed E-state index contributed by atoms with van der Waals surface area (Å²) in [7, 11) is 0. The highest BCUT2D eigenvalue weighted by atomic mass is 16.5. The number of rotatable bonds is 4. The van der Waals surface area contributed by atoms with Crippen LogP contribution in [-0.4, -0.2) is 24.6 Å². The van der Waals surface area contributed by atoms with E-state index in [4.69, 9.17) is 9.47 Å². The molecule has 0 aliphatic heterocycles. The minimum Gasteiger partial charge on any atom is -0.463 e. The summed E-state index contributed by atoms with van der Waals surface area (Å²) in [5.41, 5.74) is 0.0861. The van der Waals surface area contributed by atoms with Crippen molar-refractivity contribution in [2.75, 3.05) is 6.61 Å². The van der Waals surface area contributed by atoms with Crippen LogP contribution in [0.15, 0.2) is 24.3 Å². The largest absolute Gasteiger partial charge is 0.463 e. The Kier molecular flexibility index (Phi) is 11.4. The van der Waals surface area contributed by atoms with Crippen molar-refractivity contribution in [3.63, 3.8) is 0 Å². The number of carbonyl (C=O) groups excluding carboxylic acids is 2. The summed E-state index contributed by atoms with van der Waals surface area (Å²) < 4.78 is 9.63. The molecule has 4 heteroatoms. The molecule has 0 radical (unpaired) electrons. The molecular weight excluding hydrogens is 292 g/mol. The maximum atomic E-state index is 11.0. The molecule has 0 amide bonds. The van der Waals surface area contributed by atoms with Crippen LogP contribution < -0.4 is 0 Å². The van der Waals surface area contributed by atoms with Crippen molar-refractivity contribution in [3.05, 3.63) is 24.3 Å². The Morgan fingerprint density at radius 1 is 0.870 bits per heavy atom. The summed E-state index contributed by atoms with van der Waals surface area (Å²) in [6.07, 6.45) is 6.61. The zero-order valence-electron chi connectivity index (χ0n) is 16.2. The summed E-state index contributed by atoms with van der Waals surface area (Å²) >= 11 is 0. The van der Waals surface area contributed by atoms with Gasteiger partial charge >= 0.3 is 11.9 Å². The lowest BCUT2D eigenvalue weighted by molar-refractivity contribution is -0.141. The van der Waals surface area contributed by atoms with Crippen LogP contribution in [0.4, 0.5) is 0 Å². The van der Waals surface area contributed by atoms with E-state index in [2.05, 4.69) is 0 Å². The molecule has 0 N–H and O–H groups in total. The number of hydrogen-bond acceptors (Lipinski definition) is 4. The average molecular weight is 326 g/mol. The van der Waals surface area contributed by atoms with E-state index >= 15 is 0 Å². The van der Waals surface area contributed by atoms with Crippen molar-refractivity contribution in [1.82, 2.24) is 0 Å². The Labute approximate surface area is 141 Å². The van der Waals surface area contributed by atoms with Crippen LogP contribution >= 0.6 is 0 Å². The van der Waals surface area contributed by atoms with Gasteiger partial charge in [0.1, 0.15) is 0 Å². The normalized spacial score (nSPS) is 12.3. The topological polar surface area (TPSA) is 52.6 Å². The summed E-state index contributed by atoms with van der Waals surface area (Å²) in [4.78, 5) is 21.8. The van der Waals surface area contributed by atoms with Crippen molar-refractivity contribution in [2.24, 2.45) is 10.8 Å². The zero-order chi connectivity index (χ0) is 18.7. The van der Waals surface area contributed by atoms with E-state index < -0.39 is 0 Å². The van der Waals surface area contributed by atoms with Gasteiger partial charge in [-0.1, -0.05) is 53.7 Å². The number of ether oxygens (including phenoxy) is 2. The number of carbonyl (C=O) groups is 2. The van der Waals surface area contributed by atoms with Gasteiger partial charge in [-0.2, -0.15) is 0 Å². The van der Waals surface area contributed by atoms with Gasteiger partial charge in [-0.15, -0.1) is 0 Å². The molecular formula is C19H34O4. The van der Waals surface area contributed by atoms with E-state index in [9.17, 15) is 9.59 Å². The molecule has 4 nitrogen and oxygen atoms in total. The SMILES string of the molecule is CC(C)OC(=O)/C=C/C(C)(C)C.CCOC(=O)/C=C/C(C)(C)C. The second-order valence-electron chi connectivity index (χ2n) is 7.64. The molecule has 23 heavy (non-hydrogen) atoms. The summed E-state index contributed by atoms with van der Waals surface area (Å²) in [6, 6.07) is 0. The predicted octanol–water partition coefficient (Wildman–Crippen LogP) is 4.69. The predicted molar refractivity (Wildman–Crippen MR) is 95.1 cm³/mol. The second-order valence-corrected chi connectivity index (χ2v) is 7.64. The maximum Gasteiger partial charge on any atom is 0.330 e. The lowest BCUT2D eigenvalue weighted by Crippen LogP contribution is -2.09. The zero-order valence-corrected chi connectivity index (χ0v) is 16.2. The van der Waals surface area contributed by atoms with E-state index in [1.54, 1.807) is 6.92 Å². The summed E-state index contributed by atoms with van der Waals surface area (Å²) in [6.45, 7) is 18.1. The second kappa shape index (κ2) is 11.0. The average Bonchev–Trinajstić information content (AvgIpc) is 2.33. The monoisotopic (exact) mass is 326 g/mol. The molecule has 0 aliphatic carbocycles. The van der Waals surface area contributed by atoms with Gasteiger partial charge in [-0.05, 0) is 31.6 Å². The van der Waals surface area contributed by atoms with Gasteiger partial charge < -0.3 is 9.47 Å². The highest BCUT2D eigenvalue weighted by Gasteiger charge is 2.06. The van der Waals surface area contributed by atoms with Crippen LogP contribution in [-0.2, 0) is 19.1 Å². The smallest absolute Gasteiger partial charge is 0.330 e. The minimum atomic E-state index is -0.264. The fraction of sp³-hybridized carbons (Fsp3) is 0.684. The molecule has 0 spiro atoms. The number of allylic oxidation sites excluding steroid dienone is 2. The third-order valence-corrected chi connectivity index (χ3v) is 2.08. The third kappa shape index (κ3) is 22.8. The van der Waals surface area contributed by atoms with E-state index in [-0.39, 0.29) is 28.9 Å². The van der Waals surface area contributed by atoms with Crippen LogP contribution in [0, 0.1) is 10.8 Å². The molecule has 0 bridgehead atoms. The van der Waals surface area contributed by atoms with Crippen molar-refractivity contribution in [2.45, 2.75) is 68.4 Å². The summed E-state index contributed by atoms with van der Waals surface area (Å²) in [5.74, 6) is -0.526. The van der Waals surface area contributed by atoms with Crippen molar-refractivity contribution >= 4 is 11.9 Å². The Bertz CT molecular complexity index is 404. The first-order chi connectivity index (χ1) is 10.3. The molecule has 0 rings (SSSR count). The van der Waals surface area contributed by atoms with Crippen LogP contribution in [0.2, 0.25) is 0 Å². The van der Waals surface area contributed by atoms with Gasteiger partial charge in [0.25, 0.3) is 0 Å². The van der Waals surface area contributed by atoms with E-state index in [0.29, 0.717) is 6.61 Å². The molecule has 0 heterocycles. The highest BCUT2D eigenvalue weighted by molar-refractivity contribution is 5.82. The number of esters is 2. The molecule has 0 saturated carbocycles. The van der Waals surface area contributed by atoms with Crippen LogP contribution in [0.1, 0.15) is 62.3 Å². The van der Waals surface area contributed by atoms with E-state index in [1.807, 2.05) is 67.5 Å². The quantitative estimate of drug-likeness (QED) is 0.555. The minimum absolute atomic E-state index is 0.0377. The van der Waals surface area contributed by atoms with E-state index in [1.165, 1.54) is 12.2 Å². The van der Waals surface area contributed by atoms with Gasteiger partial charge in [0, 0.05) is 12.2 Å². The van der Waals surface area contributed by atoms with Crippen molar-refractivity contribution < 1.29 is 19.1 Å². The molecule has 0 unspecified atom stereocenters. The first-order valence-corrected chi connectivity index (χ1v) is 8.02. The summed E-state index contributed by atoms with van der Waals surface area (Å²) in [5, 5.41) is 0. The third-order valence-electron chi connectivity index (χ3n) is 2.08. The van der Waals surface area contributed by atoms with Gasteiger partial charge in [0.05, 0.1) is 12.7 Å². The van der Waals surface area contributed by atoms with Gasteiger partial charge in [-0.25, -0.2) is 9.59 Å². The van der Waals surface area contributed by atoms with Crippen LogP contribution in [0.25, 0.3) is 0 Å². The molecule has 0 fully saturated rings. The van der Waals surface area contributed by atoms with Crippen molar-refractivity contribution in [1.29, 1.82) is 0 Å². The molecule has 0 saturated heterocycles. The van der Waals surface area contributed by atoms with Gasteiger partial charge in [-0.3, -0.25) is 0 Å².